The van der Waals surface area contributed by atoms with E-state index in [0.29, 0.717) is 25.4 Å². The number of nitrogens with zero attached hydrogens (tertiary/aromatic N) is 4. The Labute approximate surface area is 165 Å². The minimum absolute atomic E-state index is 0.0511. The van der Waals surface area contributed by atoms with E-state index in [2.05, 4.69) is 20.3 Å². The first-order valence-corrected chi connectivity index (χ1v) is 9.73. The van der Waals surface area contributed by atoms with Gasteiger partial charge in [0.1, 0.15) is 24.5 Å². The minimum atomic E-state index is -4.36. The molecular weight excluding hydrogens is 390 g/mol. The number of alkyl halides is 3. The molecule has 2 aromatic rings. The van der Waals surface area contributed by atoms with Crippen LogP contribution in [-0.2, 0) is 0 Å². The van der Waals surface area contributed by atoms with E-state index >= 15 is 0 Å². The molecule has 1 aromatic heterocycles. The molecule has 0 spiro atoms. The smallest absolute Gasteiger partial charge is 0.411 e. The molecule has 29 heavy (non-hydrogen) atoms. The van der Waals surface area contributed by atoms with Crippen LogP contribution in [0.3, 0.4) is 0 Å². The molecule has 3 heterocycles. The van der Waals surface area contributed by atoms with Crippen molar-refractivity contribution in [2.45, 2.75) is 37.5 Å². The number of fused-ring (bicyclic) bond motifs is 1. The third-order valence-electron chi connectivity index (χ3n) is 5.64. The lowest BCUT2D eigenvalue weighted by Crippen LogP contribution is -2.48. The van der Waals surface area contributed by atoms with E-state index in [1.54, 1.807) is 12.1 Å². The third-order valence-corrected chi connectivity index (χ3v) is 5.64. The highest BCUT2D eigenvalue weighted by molar-refractivity contribution is 5.30. The van der Waals surface area contributed by atoms with Gasteiger partial charge in [0.05, 0.1) is 0 Å². The zero-order chi connectivity index (χ0) is 20.4. The highest BCUT2D eigenvalue weighted by Gasteiger charge is 2.48. The van der Waals surface area contributed by atoms with E-state index in [0.717, 1.165) is 30.4 Å². The Hall–Kier alpha value is -2.36. The summed E-state index contributed by atoms with van der Waals surface area (Å²) in [6.07, 6.45) is -1.47. The molecule has 6 nitrogen and oxygen atoms in total. The molecular formula is C19H23F4N5O. The third kappa shape index (κ3) is 4.63. The highest BCUT2D eigenvalue weighted by atomic mass is 19.4. The number of aromatic nitrogens is 3. The quantitative estimate of drug-likeness (QED) is 0.761. The Balaban J connectivity index is 1.34. The van der Waals surface area contributed by atoms with Crippen molar-refractivity contribution in [1.82, 2.24) is 19.7 Å². The molecule has 2 aliphatic rings. The summed E-state index contributed by atoms with van der Waals surface area (Å²) < 4.78 is 60.0. The molecule has 0 amide bonds. The average Bonchev–Trinajstić information content (AvgIpc) is 3.17. The van der Waals surface area contributed by atoms with Gasteiger partial charge in [-0.05, 0) is 56.0 Å². The number of rotatable bonds is 5. The maximum absolute atomic E-state index is 13.5. The maximum atomic E-state index is 13.5. The van der Waals surface area contributed by atoms with Crippen molar-refractivity contribution in [3.8, 4) is 5.75 Å². The first-order chi connectivity index (χ1) is 13.9. The number of hydrogen-bond donors (Lipinski definition) is 1. The van der Waals surface area contributed by atoms with E-state index in [1.807, 2.05) is 0 Å². The van der Waals surface area contributed by atoms with E-state index < -0.39 is 12.2 Å². The van der Waals surface area contributed by atoms with Crippen molar-refractivity contribution in [3.63, 3.8) is 0 Å². The molecule has 10 heteroatoms. The molecule has 0 unspecified atom stereocenters. The summed E-state index contributed by atoms with van der Waals surface area (Å²) in [4.78, 5) is 6.16. The van der Waals surface area contributed by atoms with Crippen molar-refractivity contribution in [3.05, 3.63) is 36.4 Å². The van der Waals surface area contributed by atoms with E-state index in [1.165, 1.54) is 12.1 Å². The summed E-state index contributed by atoms with van der Waals surface area (Å²) in [5.74, 6) is 0.552. The summed E-state index contributed by atoms with van der Waals surface area (Å²) in [7, 11) is 0. The van der Waals surface area contributed by atoms with E-state index in [-0.39, 0.29) is 30.1 Å². The van der Waals surface area contributed by atoms with Crippen LogP contribution in [0.5, 0.6) is 5.75 Å². The van der Waals surface area contributed by atoms with Gasteiger partial charge >= 0.3 is 6.18 Å². The topological polar surface area (TPSA) is 55.2 Å². The average molecular weight is 413 g/mol. The summed E-state index contributed by atoms with van der Waals surface area (Å²) in [5.41, 5.74) is 0. The Morgan fingerprint density at radius 3 is 2.76 bits per heavy atom. The van der Waals surface area contributed by atoms with Gasteiger partial charge in [-0.15, -0.1) is 0 Å². The second-order valence-electron chi connectivity index (χ2n) is 7.58. The number of hydrogen-bond acceptors (Lipinski definition) is 5. The van der Waals surface area contributed by atoms with Crippen molar-refractivity contribution < 1.29 is 22.3 Å². The number of benzene rings is 1. The Kier molecular flexibility index (Phi) is 5.62. The predicted octanol–water partition coefficient (Wildman–Crippen LogP) is 3.50. The van der Waals surface area contributed by atoms with Crippen molar-refractivity contribution >= 4 is 5.95 Å². The lowest BCUT2D eigenvalue weighted by molar-refractivity contribution is -0.174. The predicted molar refractivity (Wildman–Crippen MR) is 98.2 cm³/mol. The summed E-state index contributed by atoms with van der Waals surface area (Å²) in [6, 6.07) is 3.89. The second-order valence-corrected chi connectivity index (χ2v) is 7.58. The zero-order valence-electron chi connectivity index (χ0n) is 15.8. The minimum Gasteiger partial charge on any atom is -0.492 e. The fourth-order valence-corrected chi connectivity index (χ4v) is 4.18. The standard InChI is InChI=1S/C19H23F4N5O/c20-14-3-5-15(6-4-14)29-9-8-27-7-1-2-13(11-27)16-10-17(19(21,22)23)28-18(26-16)24-12-25-28/h3-6,12-13,16-17H,1-2,7-11H2,(H,24,25,26)/t13-,16+,17-/m1/s1. The van der Waals surface area contributed by atoms with Gasteiger partial charge in [-0.25, -0.2) is 9.07 Å². The van der Waals surface area contributed by atoms with Crippen molar-refractivity contribution in [1.29, 1.82) is 0 Å². The van der Waals surface area contributed by atoms with Crippen LogP contribution < -0.4 is 10.1 Å². The number of anilines is 1. The molecule has 0 radical (unpaired) electrons. The molecule has 158 valence electrons. The highest BCUT2D eigenvalue weighted by Crippen LogP contribution is 2.40. The van der Waals surface area contributed by atoms with Gasteiger partial charge in [0, 0.05) is 19.1 Å². The SMILES string of the molecule is Fc1ccc(OCCN2CCC[C@@H]([C@@H]3C[C@H](C(F)(F)F)n4ncnc4N3)C2)cc1. The number of halogens is 4. The van der Waals surface area contributed by atoms with Crippen molar-refractivity contribution in [2.75, 3.05) is 31.6 Å². The molecule has 3 atom stereocenters. The van der Waals surface area contributed by atoms with Gasteiger partial charge in [-0.1, -0.05) is 0 Å². The molecule has 0 saturated carbocycles. The number of piperidine rings is 1. The van der Waals surface area contributed by atoms with Gasteiger partial charge in [-0.3, -0.25) is 4.90 Å². The van der Waals surface area contributed by atoms with Crippen LogP contribution in [0.25, 0.3) is 0 Å². The van der Waals surface area contributed by atoms with Crippen LogP contribution in [0.15, 0.2) is 30.6 Å². The monoisotopic (exact) mass is 413 g/mol. The number of likely N-dealkylation sites (tertiary alicyclic amines) is 1. The van der Waals surface area contributed by atoms with Crippen LogP contribution in [0.1, 0.15) is 25.3 Å². The molecule has 2 aliphatic heterocycles. The molecule has 1 saturated heterocycles. The first kappa shape index (κ1) is 19.9. The van der Waals surface area contributed by atoms with Gasteiger partial charge in [0.15, 0.2) is 6.04 Å². The number of ether oxygens (including phenoxy) is 1. The molecule has 0 bridgehead atoms. The summed E-state index contributed by atoms with van der Waals surface area (Å²) in [5, 5.41) is 6.90. The molecule has 0 aliphatic carbocycles. The lowest BCUT2D eigenvalue weighted by atomic mass is 9.86. The lowest BCUT2D eigenvalue weighted by Gasteiger charge is -2.41. The molecule has 1 N–H and O–H groups in total. The van der Waals surface area contributed by atoms with Crippen LogP contribution in [0.4, 0.5) is 23.5 Å². The van der Waals surface area contributed by atoms with E-state index in [4.69, 9.17) is 4.74 Å². The van der Waals surface area contributed by atoms with Crippen LogP contribution in [0.2, 0.25) is 0 Å². The summed E-state index contributed by atoms with van der Waals surface area (Å²) >= 11 is 0. The largest absolute Gasteiger partial charge is 0.492 e. The molecule has 1 aromatic carbocycles. The van der Waals surface area contributed by atoms with Crippen LogP contribution >= 0.6 is 0 Å². The van der Waals surface area contributed by atoms with Crippen molar-refractivity contribution in [2.24, 2.45) is 5.92 Å². The zero-order valence-corrected chi connectivity index (χ0v) is 15.8. The van der Waals surface area contributed by atoms with Gasteiger partial charge in [0.2, 0.25) is 5.95 Å². The van der Waals surface area contributed by atoms with Gasteiger partial charge in [-0.2, -0.15) is 23.3 Å². The Morgan fingerprint density at radius 2 is 2.00 bits per heavy atom. The van der Waals surface area contributed by atoms with Crippen LogP contribution in [-0.4, -0.2) is 58.1 Å². The fraction of sp³-hybridized carbons (Fsp3) is 0.579. The second kappa shape index (κ2) is 8.17. The Bertz CT molecular complexity index is 810. The van der Waals surface area contributed by atoms with E-state index in [9.17, 15) is 17.6 Å². The fourth-order valence-electron chi connectivity index (χ4n) is 4.18. The van der Waals surface area contributed by atoms with Gasteiger partial charge < -0.3 is 10.1 Å². The van der Waals surface area contributed by atoms with Gasteiger partial charge in [0.25, 0.3) is 0 Å². The first-order valence-electron chi connectivity index (χ1n) is 9.73. The number of nitrogens with one attached hydrogen (secondary N) is 1. The molecule has 1 fully saturated rings. The summed E-state index contributed by atoms with van der Waals surface area (Å²) in [6.45, 7) is 2.69. The maximum Gasteiger partial charge on any atom is 0.411 e. The molecule has 4 rings (SSSR count). The van der Waals surface area contributed by atoms with Crippen LogP contribution in [0, 0.1) is 11.7 Å². The Morgan fingerprint density at radius 1 is 1.21 bits per heavy atom. The normalized spacial score (nSPS) is 25.3.